The average Bonchev–Trinajstić information content (AvgIpc) is 2.38. The molecule has 0 amide bonds. The Morgan fingerprint density at radius 2 is 2.26 bits per heavy atom. The first-order chi connectivity index (χ1) is 8.61. The fourth-order valence-corrected chi connectivity index (χ4v) is 2.79. The number of nitro benzene ring substituents is 1. The van der Waals surface area contributed by atoms with Crippen molar-refractivity contribution in [1.29, 1.82) is 0 Å². The molecule has 1 radical (unpaired) electrons. The van der Waals surface area contributed by atoms with Crippen molar-refractivity contribution in [2.75, 3.05) is 31.2 Å². The minimum atomic E-state index is -0.405. The molecule has 19 heavy (non-hydrogen) atoms. The smallest absolute Gasteiger partial charge is 0.163 e. The first-order valence-corrected chi connectivity index (χ1v) is 7.24. The first-order valence-electron chi connectivity index (χ1n) is 5.80. The molecule has 0 aromatic heterocycles. The summed E-state index contributed by atoms with van der Waals surface area (Å²) in [4.78, 5) is 12.3. The summed E-state index contributed by atoms with van der Waals surface area (Å²) in [5, 5.41) is 10.6. The molecular weight excluding hydrogens is 338 g/mol. The Kier molecular flexibility index (Phi) is 6.81. The molecule has 7 heteroatoms. The van der Waals surface area contributed by atoms with Crippen molar-refractivity contribution >= 4 is 20.1 Å². The molecule has 0 spiro atoms. The summed E-state index contributed by atoms with van der Waals surface area (Å²) >= 11 is 0. The van der Waals surface area contributed by atoms with Crippen molar-refractivity contribution in [3.8, 4) is 0 Å². The molecule has 1 aromatic rings. The monoisotopic (exact) mass is 354 g/mol. The molecule has 0 saturated carbocycles. The van der Waals surface area contributed by atoms with Gasteiger partial charge in [0.2, 0.25) is 0 Å². The molecule has 1 heterocycles. The average molecular weight is 354 g/mol. The van der Waals surface area contributed by atoms with E-state index in [-0.39, 0.29) is 44.4 Å². The van der Waals surface area contributed by atoms with Gasteiger partial charge in [0.1, 0.15) is 0 Å². The van der Waals surface area contributed by atoms with Crippen molar-refractivity contribution in [2.24, 2.45) is 0 Å². The van der Waals surface area contributed by atoms with Gasteiger partial charge in [-0.15, -0.1) is 6.07 Å². The predicted molar refractivity (Wildman–Crippen MR) is 74.2 cm³/mol. The zero-order valence-corrected chi connectivity index (χ0v) is 14.7. The topological polar surface area (TPSA) is 49.6 Å². The van der Waals surface area contributed by atoms with Gasteiger partial charge in [0.05, 0.1) is 0 Å². The van der Waals surface area contributed by atoms with Gasteiger partial charge in [0, 0.05) is 50.7 Å². The quantitative estimate of drug-likeness (QED) is 0.360. The van der Waals surface area contributed by atoms with Gasteiger partial charge < -0.3 is 11.8 Å². The van der Waals surface area contributed by atoms with E-state index < -0.39 is 4.92 Å². The van der Waals surface area contributed by atoms with Crippen LogP contribution in [0.4, 0.5) is 11.4 Å². The van der Waals surface area contributed by atoms with Crippen LogP contribution in [0.15, 0.2) is 18.2 Å². The van der Waals surface area contributed by atoms with Gasteiger partial charge in [-0.05, 0) is 13.2 Å². The Bertz CT molecular complexity index is 429. The minimum Gasteiger partial charge on any atom is -0.418 e. The van der Waals surface area contributed by atoms with Crippen LogP contribution in [0.1, 0.15) is 0 Å². The summed E-state index contributed by atoms with van der Waals surface area (Å²) in [6.45, 7) is 9.14. The molecule has 0 bridgehead atoms. The van der Waals surface area contributed by atoms with E-state index in [0.717, 1.165) is 34.1 Å². The van der Waals surface area contributed by atoms with E-state index in [0.29, 0.717) is 0 Å². The maximum atomic E-state index is 10.6. The van der Waals surface area contributed by atoms with Crippen LogP contribution in [-0.4, -0.2) is 41.9 Å². The zero-order valence-electron chi connectivity index (χ0n) is 10.9. The Morgan fingerprint density at radius 3 is 2.74 bits per heavy atom. The third-order valence-electron chi connectivity index (χ3n) is 3.10. The number of non-ortho nitro benzene ring substituents is 1. The second-order valence-corrected chi connectivity index (χ2v) is 5.29. The SMILES string of the molecule is [CH2-]C1CN(PC)CCN1c1[c-]cc([N+](=O)[O-])cc1.[Y]. The number of nitro groups is 1. The van der Waals surface area contributed by atoms with Gasteiger partial charge in [-0.1, -0.05) is 32.6 Å². The number of hydrogen-bond donors (Lipinski definition) is 0. The standard InChI is InChI=1S/C12H16N3O2P.Y/c1-10-9-13(18-2)7-8-14(10)11-3-5-12(6-4-11)15(16)17;/h3,5-6,10,18H,1,7-9H2,2H3;/q-2;. The van der Waals surface area contributed by atoms with Crippen LogP contribution >= 0.6 is 8.73 Å². The van der Waals surface area contributed by atoms with Gasteiger partial charge in [0.15, 0.2) is 5.69 Å². The van der Waals surface area contributed by atoms with E-state index in [9.17, 15) is 10.1 Å². The minimum absolute atomic E-state index is 0. The van der Waals surface area contributed by atoms with Crippen molar-refractivity contribution in [3.63, 3.8) is 0 Å². The number of piperazine rings is 1. The van der Waals surface area contributed by atoms with Crippen molar-refractivity contribution in [3.05, 3.63) is 41.3 Å². The Labute approximate surface area is 140 Å². The van der Waals surface area contributed by atoms with Crippen molar-refractivity contribution < 1.29 is 37.6 Å². The molecule has 0 aliphatic carbocycles. The Morgan fingerprint density at radius 1 is 1.53 bits per heavy atom. The third-order valence-corrected chi connectivity index (χ3v) is 4.14. The van der Waals surface area contributed by atoms with E-state index >= 15 is 0 Å². The molecule has 0 N–H and O–H groups in total. The predicted octanol–water partition coefficient (Wildman–Crippen LogP) is 1.94. The van der Waals surface area contributed by atoms with E-state index in [2.05, 4.69) is 29.2 Å². The van der Waals surface area contributed by atoms with Crippen molar-refractivity contribution in [1.82, 2.24) is 4.67 Å². The Balaban J connectivity index is 0.00000180. The van der Waals surface area contributed by atoms with Crippen molar-refractivity contribution in [2.45, 2.75) is 6.04 Å². The fraction of sp³-hybridized carbons (Fsp3) is 0.417. The van der Waals surface area contributed by atoms with Crippen LogP contribution in [-0.2, 0) is 32.7 Å². The summed E-state index contributed by atoms with van der Waals surface area (Å²) in [6.07, 6.45) is 0. The fourth-order valence-electron chi connectivity index (χ4n) is 2.08. The van der Waals surface area contributed by atoms with Crippen LogP contribution in [0, 0.1) is 23.1 Å². The second-order valence-electron chi connectivity index (χ2n) is 4.21. The largest absolute Gasteiger partial charge is 0.418 e. The third kappa shape index (κ3) is 4.19. The molecule has 1 fully saturated rings. The second kappa shape index (κ2) is 7.63. The molecule has 1 aliphatic rings. The molecule has 2 rings (SSSR count). The molecule has 2 unspecified atom stereocenters. The van der Waals surface area contributed by atoms with Gasteiger partial charge in [0.25, 0.3) is 0 Å². The van der Waals surface area contributed by atoms with Crippen LogP contribution < -0.4 is 4.90 Å². The Hall–Kier alpha value is -0.0861. The molecule has 2 atom stereocenters. The van der Waals surface area contributed by atoms with Crippen LogP contribution in [0.3, 0.4) is 0 Å². The maximum absolute atomic E-state index is 10.6. The summed E-state index contributed by atoms with van der Waals surface area (Å²) in [5.41, 5.74) is 0.965. The summed E-state index contributed by atoms with van der Waals surface area (Å²) in [6, 6.07) is 7.85. The number of benzene rings is 1. The van der Waals surface area contributed by atoms with Gasteiger partial charge >= 0.3 is 0 Å². The van der Waals surface area contributed by atoms with Gasteiger partial charge in [-0.25, -0.2) is 0 Å². The van der Waals surface area contributed by atoms with E-state index in [4.69, 9.17) is 0 Å². The molecule has 1 saturated heterocycles. The van der Waals surface area contributed by atoms with Gasteiger partial charge in [-0.3, -0.25) is 14.8 Å². The zero-order chi connectivity index (χ0) is 13.1. The maximum Gasteiger partial charge on any atom is 0.163 e. The van der Waals surface area contributed by atoms with E-state index in [1.807, 2.05) is 0 Å². The first kappa shape index (κ1) is 17.0. The van der Waals surface area contributed by atoms with E-state index in [1.165, 1.54) is 12.1 Å². The summed E-state index contributed by atoms with van der Waals surface area (Å²) < 4.78 is 2.37. The summed E-state index contributed by atoms with van der Waals surface area (Å²) in [5.74, 6) is 0. The molecular formula is C12H16N3O2PY-2. The number of anilines is 1. The molecule has 5 nitrogen and oxygen atoms in total. The summed E-state index contributed by atoms with van der Waals surface area (Å²) in [7, 11) is 0.802. The van der Waals surface area contributed by atoms with E-state index in [1.54, 1.807) is 6.07 Å². The van der Waals surface area contributed by atoms with Crippen LogP contribution in [0.2, 0.25) is 0 Å². The molecule has 101 valence electrons. The molecule has 1 aliphatic heterocycles. The normalized spacial score (nSPS) is 20.5. The number of nitrogens with zero attached hydrogens (tertiary/aromatic N) is 3. The molecule has 1 aromatic carbocycles. The number of rotatable bonds is 3. The van der Waals surface area contributed by atoms with Crippen LogP contribution in [0.5, 0.6) is 0 Å². The number of hydrogen-bond acceptors (Lipinski definition) is 4. The van der Waals surface area contributed by atoms with Crippen LogP contribution in [0.25, 0.3) is 0 Å². The van der Waals surface area contributed by atoms with Gasteiger partial charge in [-0.2, -0.15) is 6.07 Å².